The van der Waals surface area contributed by atoms with Gasteiger partial charge in [0.15, 0.2) is 5.16 Å². The average molecular weight is 300 g/mol. The minimum atomic E-state index is -4.53. The van der Waals surface area contributed by atoms with Crippen LogP contribution in [0.1, 0.15) is 12.5 Å². The van der Waals surface area contributed by atoms with Gasteiger partial charge in [-0.1, -0.05) is 30.8 Å². The molecule has 1 aromatic heterocycles. The van der Waals surface area contributed by atoms with E-state index in [1.807, 2.05) is 6.92 Å². The van der Waals surface area contributed by atoms with Gasteiger partial charge in [0, 0.05) is 12.3 Å². The normalized spacial score (nSPS) is 11.6. The summed E-state index contributed by atoms with van der Waals surface area (Å²) in [6.45, 7) is 1.84. The van der Waals surface area contributed by atoms with Crippen LogP contribution in [0.3, 0.4) is 0 Å². The van der Waals surface area contributed by atoms with Crippen molar-refractivity contribution < 1.29 is 13.2 Å². The zero-order valence-corrected chi connectivity index (χ0v) is 11.3. The van der Waals surface area contributed by atoms with Gasteiger partial charge in [0.25, 0.3) is 5.56 Å². The molecule has 2 rings (SSSR count). The average Bonchev–Trinajstić information content (AvgIpc) is 2.38. The molecule has 20 heavy (non-hydrogen) atoms. The number of benzene rings is 1. The maximum Gasteiger partial charge on any atom is 0.418 e. The number of thioether (sulfide) groups is 1. The zero-order chi connectivity index (χ0) is 14.8. The quantitative estimate of drug-likeness (QED) is 0.644. The van der Waals surface area contributed by atoms with E-state index in [0.29, 0.717) is 5.75 Å². The summed E-state index contributed by atoms with van der Waals surface area (Å²) in [7, 11) is 0. The van der Waals surface area contributed by atoms with E-state index in [0.717, 1.165) is 16.7 Å². The van der Waals surface area contributed by atoms with Crippen LogP contribution in [0.15, 0.2) is 46.5 Å². The van der Waals surface area contributed by atoms with Gasteiger partial charge in [-0.3, -0.25) is 9.36 Å². The van der Waals surface area contributed by atoms with Gasteiger partial charge in [0.2, 0.25) is 0 Å². The Morgan fingerprint density at radius 1 is 1.25 bits per heavy atom. The van der Waals surface area contributed by atoms with Gasteiger partial charge < -0.3 is 0 Å². The van der Waals surface area contributed by atoms with Gasteiger partial charge in [-0.2, -0.15) is 13.2 Å². The first kappa shape index (κ1) is 14.6. The van der Waals surface area contributed by atoms with Crippen LogP contribution in [0.4, 0.5) is 13.2 Å². The molecule has 0 spiro atoms. The third kappa shape index (κ3) is 2.87. The maximum atomic E-state index is 13.0. The molecule has 106 valence electrons. The van der Waals surface area contributed by atoms with E-state index in [2.05, 4.69) is 4.98 Å². The fraction of sp³-hybridized carbons (Fsp3) is 0.231. The molecule has 0 aliphatic rings. The smallest absolute Gasteiger partial charge is 0.269 e. The lowest BCUT2D eigenvalue weighted by Crippen LogP contribution is -2.23. The number of hydrogen-bond donors (Lipinski definition) is 0. The van der Waals surface area contributed by atoms with Crippen molar-refractivity contribution in [1.82, 2.24) is 9.55 Å². The Balaban J connectivity index is 2.73. The SMILES string of the molecule is CCSc1nccc(=O)n1-c1ccccc1C(F)(F)F. The highest BCUT2D eigenvalue weighted by molar-refractivity contribution is 7.99. The maximum absolute atomic E-state index is 13.0. The first-order valence-electron chi connectivity index (χ1n) is 5.82. The molecule has 0 fully saturated rings. The van der Waals surface area contributed by atoms with Crippen LogP contribution >= 0.6 is 11.8 Å². The lowest BCUT2D eigenvalue weighted by Gasteiger charge is -2.16. The second-order valence-corrected chi connectivity index (χ2v) is 5.08. The number of aromatic nitrogens is 2. The van der Waals surface area contributed by atoms with Gasteiger partial charge >= 0.3 is 6.18 Å². The molecule has 0 bridgehead atoms. The van der Waals surface area contributed by atoms with Crippen molar-refractivity contribution in [1.29, 1.82) is 0 Å². The Hall–Kier alpha value is -1.76. The minimum absolute atomic E-state index is 0.200. The predicted molar refractivity (Wildman–Crippen MR) is 71.2 cm³/mol. The molecule has 0 aliphatic heterocycles. The van der Waals surface area contributed by atoms with Crippen LogP contribution in [0.5, 0.6) is 0 Å². The van der Waals surface area contributed by atoms with E-state index in [1.54, 1.807) is 0 Å². The zero-order valence-electron chi connectivity index (χ0n) is 10.5. The standard InChI is InChI=1S/C13H11F3N2OS/c1-2-20-12-17-8-7-11(19)18(12)10-6-4-3-5-9(10)13(14,15)16/h3-8H,2H2,1H3. The van der Waals surface area contributed by atoms with Gasteiger partial charge in [-0.25, -0.2) is 4.98 Å². The van der Waals surface area contributed by atoms with E-state index in [4.69, 9.17) is 0 Å². The molecule has 0 unspecified atom stereocenters. The molecule has 1 heterocycles. The summed E-state index contributed by atoms with van der Waals surface area (Å²) < 4.78 is 40.1. The van der Waals surface area contributed by atoms with E-state index >= 15 is 0 Å². The molecule has 0 amide bonds. The summed E-state index contributed by atoms with van der Waals surface area (Å²) in [4.78, 5) is 15.9. The van der Waals surface area contributed by atoms with Crippen LogP contribution in [0.25, 0.3) is 5.69 Å². The lowest BCUT2D eigenvalue weighted by molar-refractivity contribution is -0.137. The second-order valence-electron chi connectivity index (χ2n) is 3.85. The highest BCUT2D eigenvalue weighted by Gasteiger charge is 2.34. The van der Waals surface area contributed by atoms with Crippen molar-refractivity contribution in [2.24, 2.45) is 0 Å². The lowest BCUT2D eigenvalue weighted by atomic mass is 10.1. The Kier molecular flexibility index (Phi) is 4.17. The molecular formula is C13H11F3N2OS. The number of hydrogen-bond acceptors (Lipinski definition) is 3. The Labute approximate surface area is 117 Å². The monoisotopic (exact) mass is 300 g/mol. The Bertz CT molecular complexity index is 667. The van der Waals surface area contributed by atoms with Crippen molar-refractivity contribution in [3.05, 3.63) is 52.4 Å². The number of nitrogens with zero attached hydrogens (tertiary/aromatic N) is 2. The molecule has 0 saturated heterocycles. The molecule has 7 heteroatoms. The third-order valence-electron chi connectivity index (χ3n) is 2.54. The fourth-order valence-corrected chi connectivity index (χ4v) is 2.46. The third-order valence-corrected chi connectivity index (χ3v) is 3.37. The van der Waals surface area contributed by atoms with Gasteiger partial charge in [0.1, 0.15) is 0 Å². The first-order valence-corrected chi connectivity index (χ1v) is 6.81. The summed E-state index contributed by atoms with van der Waals surface area (Å²) in [6, 6.07) is 6.12. The van der Waals surface area contributed by atoms with Crippen LogP contribution in [-0.4, -0.2) is 15.3 Å². The Morgan fingerprint density at radius 2 is 1.95 bits per heavy atom. The first-order chi connectivity index (χ1) is 9.45. The second kappa shape index (κ2) is 5.70. The number of alkyl halides is 3. The van der Waals surface area contributed by atoms with Crippen LogP contribution < -0.4 is 5.56 Å². The molecule has 3 nitrogen and oxygen atoms in total. The highest BCUT2D eigenvalue weighted by atomic mass is 32.2. The van der Waals surface area contributed by atoms with Crippen LogP contribution in [0, 0.1) is 0 Å². The summed E-state index contributed by atoms with van der Waals surface area (Å²) >= 11 is 1.21. The van der Waals surface area contributed by atoms with Crippen LogP contribution in [0.2, 0.25) is 0 Å². The van der Waals surface area contributed by atoms with Crippen molar-refractivity contribution >= 4 is 11.8 Å². The molecular weight excluding hydrogens is 289 g/mol. The molecule has 2 aromatic rings. The number of para-hydroxylation sites is 1. The largest absolute Gasteiger partial charge is 0.418 e. The number of rotatable bonds is 3. The fourth-order valence-electron chi connectivity index (χ4n) is 1.75. The van der Waals surface area contributed by atoms with Crippen LogP contribution in [-0.2, 0) is 6.18 Å². The van der Waals surface area contributed by atoms with Gasteiger partial charge in [-0.05, 0) is 17.9 Å². The van der Waals surface area contributed by atoms with Crippen molar-refractivity contribution in [3.63, 3.8) is 0 Å². The molecule has 1 aromatic carbocycles. The summed E-state index contributed by atoms with van der Waals surface area (Å²) in [5.74, 6) is 0.602. The molecule has 0 aliphatic carbocycles. The summed E-state index contributed by atoms with van der Waals surface area (Å²) in [5.41, 5.74) is -1.59. The summed E-state index contributed by atoms with van der Waals surface area (Å²) in [5, 5.41) is 0.247. The molecule has 0 N–H and O–H groups in total. The predicted octanol–water partition coefficient (Wildman–Crippen LogP) is 3.36. The van der Waals surface area contributed by atoms with E-state index < -0.39 is 17.3 Å². The molecule has 0 saturated carbocycles. The van der Waals surface area contributed by atoms with E-state index in [9.17, 15) is 18.0 Å². The topological polar surface area (TPSA) is 34.9 Å². The Morgan fingerprint density at radius 3 is 2.60 bits per heavy atom. The van der Waals surface area contributed by atoms with Gasteiger partial charge in [-0.15, -0.1) is 0 Å². The summed E-state index contributed by atoms with van der Waals surface area (Å²) in [6.07, 6.45) is -3.23. The van der Waals surface area contributed by atoms with Crippen molar-refractivity contribution in [2.75, 3.05) is 5.75 Å². The highest BCUT2D eigenvalue weighted by Crippen LogP contribution is 2.34. The van der Waals surface area contributed by atoms with Crippen molar-refractivity contribution in [3.8, 4) is 5.69 Å². The van der Waals surface area contributed by atoms with Gasteiger partial charge in [0.05, 0.1) is 11.3 Å². The van der Waals surface area contributed by atoms with Crippen molar-refractivity contribution in [2.45, 2.75) is 18.3 Å². The molecule has 0 radical (unpaired) electrons. The molecule has 0 atom stereocenters. The van der Waals surface area contributed by atoms with E-state index in [1.165, 1.54) is 36.2 Å². The minimum Gasteiger partial charge on any atom is -0.269 e. The number of halogens is 3. The van der Waals surface area contributed by atoms with E-state index in [-0.39, 0.29) is 10.8 Å².